The van der Waals surface area contributed by atoms with E-state index in [-0.39, 0.29) is 10.8 Å². The van der Waals surface area contributed by atoms with Crippen molar-refractivity contribution in [2.45, 2.75) is 64.7 Å². The molecule has 1 aliphatic heterocycles. The molecule has 176 valence electrons. The van der Waals surface area contributed by atoms with Gasteiger partial charge in [-0.3, -0.25) is 0 Å². The molecule has 0 amide bonds. The molecule has 4 rings (SSSR count). The van der Waals surface area contributed by atoms with Gasteiger partial charge < -0.3 is 10.7 Å². The average molecular weight is 471 g/mol. The van der Waals surface area contributed by atoms with Gasteiger partial charge in [-0.1, -0.05) is 93.9 Å². The Morgan fingerprint density at radius 2 is 1.74 bits per heavy atom. The molecule has 0 bridgehead atoms. The van der Waals surface area contributed by atoms with Gasteiger partial charge >= 0.3 is 0 Å². The van der Waals surface area contributed by atoms with Crippen molar-refractivity contribution in [2.75, 3.05) is 5.32 Å². The molecule has 0 saturated heterocycles. The largest absolute Gasteiger partial charge is 0.358 e. The summed E-state index contributed by atoms with van der Waals surface area (Å²) in [5.41, 5.74) is 8.55. The normalized spacial score (nSPS) is 20.2. The monoisotopic (exact) mass is 470 g/mol. The molecule has 2 aromatic carbocycles. The van der Waals surface area contributed by atoms with Crippen molar-refractivity contribution in [3.05, 3.63) is 111 Å². The maximum absolute atomic E-state index is 8.78. The van der Waals surface area contributed by atoms with E-state index in [0.29, 0.717) is 5.71 Å². The Morgan fingerprint density at radius 1 is 1.03 bits per heavy atom. The quantitative estimate of drug-likeness (QED) is 0.421. The van der Waals surface area contributed by atoms with Gasteiger partial charge in [0.15, 0.2) is 0 Å². The number of hydrogen-bond donors (Lipinski definition) is 2. The fraction of sp³-hybridized carbons (Fsp3) is 0.323. The highest BCUT2D eigenvalue weighted by molar-refractivity contribution is 6.32. The number of rotatable bonds is 5. The second kappa shape index (κ2) is 9.43. The van der Waals surface area contributed by atoms with E-state index in [1.165, 1.54) is 33.6 Å². The Balaban J connectivity index is 1.56. The van der Waals surface area contributed by atoms with Crippen LogP contribution in [-0.2, 0) is 10.8 Å². The molecule has 0 radical (unpaired) electrons. The second-order valence-corrected chi connectivity index (χ2v) is 10.8. The predicted molar refractivity (Wildman–Crippen MR) is 147 cm³/mol. The number of benzene rings is 2. The average Bonchev–Trinajstić information content (AvgIpc) is 3.07. The van der Waals surface area contributed by atoms with Crippen molar-refractivity contribution in [2.24, 2.45) is 0 Å². The maximum atomic E-state index is 8.78. The fourth-order valence-corrected chi connectivity index (χ4v) is 5.35. The first-order chi connectivity index (χ1) is 16.1. The molecule has 0 unspecified atom stereocenters. The number of aryl methyl sites for hydroxylation is 1. The molecule has 2 nitrogen and oxygen atoms in total. The molecule has 0 atom stereocenters. The molecular weight excluding hydrogens is 436 g/mol. The van der Waals surface area contributed by atoms with Crippen LogP contribution in [0.2, 0.25) is 0 Å². The highest BCUT2D eigenvalue weighted by Gasteiger charge is 2.34. The van der Waals surface area contributed by atoms with E-state index < -0.39 is 0 Å². The minimum atomic E-state index is -0.360. The van der Waals surface area contributed by atoms with E-state index in [1.807, 2.05) is 18.2 Å². The van der Waals surface area contributed by atoms with Gasteiger partial charge in [-0.2, -0.15) is 0 Å². The first-order valence-electron chi connectivity index (χ1n) is 12.1. The SMILES string of the molecule is Cc1ccccc1C(C)(C)C(=N)/C=C/C1=C(Cl)C(=C/C=C2/Nc3ccccc3C2(C)C)/CCC1. The molecule has 2 N–H and O–H groups in total. The van der Waals surface area contributed by atoms with E-state index in [0.717, 1.165) is 29.9 Å². The lowest BCUT2D eigenvalue weighted by molar-refractivity contribution is 0.654. The molecule has 1 heterocycles. The zero-order valence-electron chi connectivity index (χ0n) is 20.9. The van der Waals surface area contributed by atoms with Gasteiger partial charge in [-0.15, -0.1) is 0 Å². The Labute approximate surface area is 209 Å². The Hall–Kier alpha value is -2.84. The molecule has 34 heavy (non-hydrogen) atoms. The first-order valence-corrected chi connectivity index (χ1v) is 12.5. The van der Waals surface area contributed by atoms with Crippen LogP contribution >= 0.6 is 11.6 Å². The van der Waals surface area contributed by atoms with Gasteiger partial charge in [0.2, 0.25) is 0 Å². The lowest BCUT2D eigenvalue weighted by Gasteiger charge is -2.27. The number of halogens is 1. The van der Waals surface area contributed by atoms with Crippen LogP contribution in [0.1, 0.15) is 63.6 Å². The molecule has 0 aromatic heterocycles. The van der Waals surface area contributed by atoms with Crippen LogP contribution in [0.25, 0.3) is 0 Å². The van der Waals surface area contributed by atoms with Gasteiger partial charge in [0.25, 0.3) is 0 Å². The van der Waals surface area contributed by atoms with Gasteiger partial charge in [-0.25, -0.2) is 0 Å². The lowest BCUT2D eigenvalue weighted by atomic mass is 9.77. The number of nitrogens with one attached hydrogen (secondary N) is 2. The van der Waals surface area contributed by atoms with Crippen LogP contribution in [0, 0.1) is 12.3 Å². The van der Waals surface area contributed by atoms with Gasteiger partial charge in [0.05, 0.1) is 0 Å². The van der Waals surface area contributed by atoms with Crippen molar-refractivity contribution >= 4 is 23.0 Å². The minimum Gasteiger partial charge on any atom is -0.358 e. The third kappa shape index (κ3) is 4.57. The summed E-state index contributed by atoms with van der Waals surface area (Å²) in [6, 6.07) is 16.8. The third-order valence-electron chi connectivity index (χ3n) is 7.39. The summed E-state index contributed by atoms with van der Waals surface area (Å²) >= 11 is 6.87. The molecule has 2 aromatic rings. The smallest absolute Gasteiger partial charge is 0.0470 e. The zero-order chi connectivity index (χ0) is 24.5. The van der Waals surface area contributed by atoms with Crippen LogP contribution in [0.3, 0.4) is 0 Å². The molecule has 0 fully saturated rings. The molecular formula is C31H35ClN2. The van der Waals surface area contributed by atoms with E-state index in [2.05, 4.69) is 94.6 Å². The molecule has 1 aliphatic carbocycles. The topological polar surface area (TPSA) is 35.9 Å². The molecule has 2 aliphatic rings. The minimum absolute atomic E-state index is 0.0581. The molecule has 3 heteroatoms. The second-order valence-electron chi connectivity index (χ2n) is 10.4. The number of fused-ring (bicyclic) bond motifs is 1. The summed E-state index contributed by atoms with van der Waals surface area (Å²) in [6.45, 7) is 10.9. The van der Waals surface area contributed by atoms with Crippen LogP contribution < -0.4 is 5.32 Å². The summed E-state index contributed by atoms with van der Waals surface area (Å²) in [7, 11) is 0. The summed E-state index contributed by atoms with van der Waals surface area (Å²) in [6.07, 6.45) is 11.3. The zero-order valence-corrected chi connectivity index (χ0v) is 21.7. The Morgan fingerprint density at radius 3 is 2.47 bits per heavy atom. The highest BCUT2D eigenvalue weighted by Crippen LogP contribution is 2.43. The van der Waals surface area contributed by atoms with Gasteiger partial charge in [0.1, 0.15) is 0 Å². The third-order valence-corrected chi connectivity index (χ3v) is 7.88. The van der Waals surface area contributed by atoms with Crippen molar-refractivity contribution in [1.82, 2.24) is 0 Å². The number of allylic oxidation sites excluding steroid dienone is 8. The predicted octanol–water partition coefficient (Wildman–Crippen LogP) is 8.74. The van der Waals surface area contributed by atoms with E-state index in [1.54, 1.807) is 0 Å². The van der Waals surface area contributed by atoms with Gasteiger partial charge in [-0.05, 0) is 72.2 Å². The Bertz CT molecular complexity index is 1240. The molecule has 0 spiro atoms. The van der Waals surface area contributed by atoms with Crippen LogP contribution in [-0.4, -0.2) is 5.71 Å². The maximum Gasteiger partial charge on any atom is 0.0470 e. The summed E-state index contributed by atoms with van der Waals surface area (Å²) in [5, 5.41) is 13.2. The van der Waals surface area contributed by atoms with E-state index >= 15 is 0 Å². The summed E-state index contributed by atoms with van der Waals surface area (Å²) in [5.74, 6) is 0. The van der Waals surface area contributed by atoms with Crippen molar-refractivity contribution in [3.8, 4) is 0 Å². The first kappa shape index (κ1) is 24.3. The van der Waals surface area contributed by atoms with Gasteiger partial charge in [0, 0.05) is 33.0 Å². The van der Waals surface area contributed by atoms with Crippen molar-refractivity contribution in [3.63, 3.8) is 0 Å². The summed E-state index contributed by atoms with van der Waals surface area (Å²) in [4.78, 5) is 0. The fourth-order valence-electron chi connectivity index (χ4n) is 5.04. The van der Waals surface area contributed by atoms with E-state index in [4.69, 9.17) is 17.0 Å². The van der Waals surface area contributed by atoms with Crippen molar-refractivity contribution < 1.29 is 0 Å². The number of para-hydroxylation sites is 1. The highest BCUT2D eigenvalue weighted by atomic mass is 35.5. The number of anilines is 1. The van der Waals surface area contributed by atoms with Crippen molar-refractivity contribution in [1.29, 1.82) is 5.41 Å². The Kier molecular flexibility index (Phi) is 6.73. The number of hydrogen-bond acceptors (Lipinski definition) is 2. The van der Waals surface area contributed by atoms with Crippen LogP contribution in [0.4, 0.5) is 5.69 Å². The standard InChI is InChI=1S/C31H35ClN2/c1-21-11-6-7-14-24(21)30(2,3)27(33)19-17-22-12-10-13-23(29(22)32)18-20-28-31(4,5)25-15-8-9-16-26(25)34-28/h6-9,11,14-20,33-34H,10,12-13H2,1-5H3/b19-17+,23-18+,28-20+,33-27?. The lowest BCUT2D eigenvalue weighted by Crippen LogP contribution is -2.27. The molecule has 0 saturated carbocycles. The summed E-state index contributed by atoms with van der Waals surface area (Å²) < 4.78 is 0. The van der Waals surface area contributed by atoms with E-state index in [9.17, 15) is 0 Å². The van der Waals surface area contributed by atoms with Crippen LogP contribution in [0.15, 0.2) is 94.7 Å². The van der Waals surface area contributed by atoms with Crippen LogP contribution in [0.5, 0.6) is 0 Å².